The molecule has 0 bridgehead atoms. The second-order valence-electron chi connectivity index (χ2n) is 7.70. The first-order valence-electron chi connectivity index (χ1n) is 9.09. The number of nitrogens with one attached hydrogen (secondary N) is 2. The topological polar surface area (TPSA) is 70.6 Å². The number of hydrogen-bond acceptors (Lipinski definition) is 5. The SMILES string of the molecule is CC1(C)Cc2cccc(C(NC(=O)O)SNCP(C)(=S)c3ccc(Cl)cc3)c2O1. The van der Waals surface area contributed by atoms with Crippen molar-refractivity contribution < 1.29 is 14.6 Å². The molecule has 0 aliphatic carbocycles. The fourth-order valence-electron chi connectivity index (χ4n) is 3.22. The molecule has 0 spiro atoms. The predicted octanol–water partition coefficient (Wildman–Crippen LogP) is 4.95. The molecule has 0 saturated carbocycles. The molecular weight excluding hydrogens is 447 g/mol. The van der Waals surface area contributed by atoms with Crippen LogP contribution < -0.4 is 20.1 Å². The number of halogens is 1. The van der Waals surface area contributed by atoms with E-state index < -0.39 is 17.5 Å². The van der Waals surface area contributed by atoms with E-state index in [1.165, 1.54) is 11.9 Å². The van der Waals surface area contributed by atoms with E-state index in [0.717, 1.165) is 28.6 Å². The lowest BCUT2D eigenvalue weighted by Gasteiger charge is -2.24. The Kier molecular flexibility index (Phi) is 6.86. The van der Waals surface area contributed by atoms with Crippen LogP contribution in [0, 0.1) is 0 Å². The van der Waals surface area contributed by atoms with Crippen molar-refractivity contribution in [1.29, 1.82) is 0 Å². The quantitative estimate of drug-likeness (QED) is 0.302. The van der Waals surface area contributed by atoms with Gasteiger partial charge >= 0.3 is 6.09 Å². The van der Waals surface area contributed by atoms with Crippen LogP contribution in [-0.2, 0) is 18.2 Å². The summed E-state index contributed by atoms with van der Waals surface area (Å²) >= 11 is 13.1. The van der Waals surface area contributed by atoms with Crippen LogP contribution in [0.3, 0.4) is 0 Å². The van der Waals surface area contributed by atoms with Crippen LogP contribution in [0.15, 0.2) is 42.5 Å². The lowest BCUT2D eigenvalue weighted by Crippen LogP contribution is -2.28. The molecule has 0 saturated heterocycles. The number of benzene rings is 2. The lowest BCUT2D eigenvalue weighted by molar-refractivity contribution is 0.137. The van der Waals surface area contributed by atoms with Gasteiger partial charge in [0.25, 0.3) is 0 Å². The van der Waals surface area contributed by atoms with E-state index >= 15 is 0 Å². The normalized spacial score (nSPS) is 17.7. The Morgan fingerprint density at radius 1 is 1.34 bits per heavy atom. The second-order valence-corrected chi connectivity index (χ2v) is 14.6. The fraction of sp³-hybridized carbons (Fsp3) is 0.350. The van der Waals surface area contributed by atoms with Crippen LogP contribution in [0.5, 0.6) is 5.75 Å². The van der Waals surface area contributed by atoms with Crippen molar-refractivity contribution in [2.45, 2.75) is 31.2 Å². The van der Waals surface area contributed by atoms with Gasteiger partial charge in [-0.2, -0.15) is 0 Å². The fourth-order valence-corrected chi connectivity index (χ4v) is 7.07. The minimum Gasteiger partial charge on any atom is -0.487 e. The minimum atomic E-state index is -1.85. The van der Waals surface area contributed by atoms with E-state index in [9.17, 15) is 9.90 Å². The Hall–Kier alpha value is -1.24. The molecule has 3 rings (SSSR count). The summed E-state index contributed by atoms with van der Waals surface area (Å²) in [6.07, 6.45) is 0.279. The third-order valence-corrected chi connectivity index (χ3v) is 9.16. The van der Waals surface area contributed by atoms with E-state index in [2.05, 4.69) is 16.7 Å². The molecule has 0 aromatic heterocycles. The van der Waals surface area contributed by atoms with E-state index in [-0.39, 0.29) is 5.60 Å². The van der Waals surface area contributed by atoms with Crippen molar-refractivity contribution in [1.82, 2.24) is 10.0 Å². The van der Waals surface area contributed by atoms with Gasteiger partial charge in [-0.1, -0.05) is 65.7 Å². The molecule has 0 radical (unpaired) electrons. The maximum atomic E-state index is 11.4. The number of carboxylic acid groups (broad SMARTS) is 1. The van der Waals surface area contributed by atoms with Crippen LogP contribution in [0.2, 0.25) is 5.02 Å². The van der Waals surface area contributed by atoms with Crippen LogP contribution in [0.1, 0.15) is 30.3 Å². The van der Waals surface area contributed by atoms with Crippen LogP contribution in [0.25, 0.3) is 0 Å². The Morgan fingerprint density at radius 3 is 2.69 bits per heavy atom. The van der Waals surface area contributed by atoms with E-state index in [1.807, 2.05) is 56.3 Å². The monoisotopic (exact) mass is 470 g/mol. The van der Waals surface area contributed by atoms with Crippen molar-refractivity contribution in [2.24, 2.45) is 0 Å². The summed E-state index contributed by atoms with van der Waals surface area (Å²) in [5.74, 6) is 0.763. The molecule has 5 nitrogen and oxygen atoms in total. The molecule has 3 N–H and O–H groups in total. The van der Waals surface area contributed by atoms with Gasteiger partial charge in [0.15, 0.2) is 0 Å². The number of carbonyl (C=O) groups is 1. The van der Waals surface area contributed by atoms with E-state index in [4.69, 9.17) is 28.1 Å². The first kappa shape index (κ1) is 22.4. The molecular formula is C20H24ClN2O3PS2. The number of para-hydroxylation sites is 1. The smallest absolute Gasteiger partial charge is 0.405 e. The molecule has 1 heterocycles. The van der Waals surface area contributed by atoms with Crippen LogP contribution >= 0.6 is 29.6 Å². The first-order chi connectivity index (χ1) is 13.6. The molecule has 0 fully saturated rings. The minimum absolute atomic E-state index is 0.302. The molecule has 2 aromatic rings. The summed E-state index contributed by atoms with van der Waals surface area (Å²) in [5, 5.41) is 13.2. The van der Waals surface area contributed by atoms with Gasteiger partial charge in [-0.05, 0) is 49.6 Å². The number of amides is 1. The summed E-state index contributed by atoms with van der Waals surface area (Å²) in [7, 11) is 0. The summed E-state index contributed by atoms with van der Waals surface area (Å²) in [5.41, 5.74) is 1.60. The Balaban J connectivity index is 1.75. The van der Waals surface area contributed by atoms with Crippen molar-refractivity contribution in [2.75, 3.05) is 13.0 Å². The number of fused-ring (bicyclic) bond motifs is 1. The van der Waals surface area contributed by atoms with E-state index in [1.54, 1.807) is 0 Å². The maximum Gasteiger partial charge on any atom is 0.405 e. The highest BCUT2D eigenvalue weighted by molar-refractivity contribution is 8.18. The molecule has 1 amide bonds. The Bertz CT molecular complexity index is 953. The van der Waals surface area contributed by atoms with Crippen molar-refractivity contribution in [3.05, 3.63) is 58.6 Å². The molecule has 2 atom stereocenters. The average Bonchev–Trinajstić information content (AvgIpc) is 2.94. The average molecular weight is 471 g/mol. The summed E-state index contributed by atoms with van der Waals surface area (Å²) in [4.78, 5) is 11.4. The zero-order chi connectivity index (χ0) is 21.2. The first-order valence-corrected chi connectivity index (χ1v) is 13.8. The van der Waals surface area contributed by atoms with Crippen molar-refractivity contribution >= 4 is 52.8 Å². The lowest BCUT2D eigenvalue weighted by atomic mass is 10.0. The van der Waals surface area contributed by atoms with Gasteiger partial charge in [-0.3, -0.25) is 4.72 Å². The van der Waals surface area contributed by atoms with Gasteiger partial charge in [-0.15, -0.1) is 0 Å². The molecule has 2 unspecified atom stereocenters. The largest absolute Gasteiger partial charge is 0.487 e. The van der Waals surface area contributed by atoms with Gasteiger partial charge in [0.2, 0.25) is 0 Å². The van der Waals surface area contributed by atoms with Gasteiger partial charge in [0, 0.05) is 23.3 Å². The molecule has 2 aromatic carbocycles. The summed E-state index contributed by atoms with van der Waals surface area (Å²) in [6, 6.07) is 11.6. The Labute approximate surface area is 185 Å². The van der Waals surface area contributed by atoms with Crippen molar-refractivity contribution in [3.8, 4) is 5.75 Å². The predicted molar refractivity (Wildman–Crippen MR) is 126 cm³/mol. The number of hydrogen-bond donors (Lipinski definition) is 3. The number of ether oxygens (including phenoxy) is 1. The van der Waals surface area contributed by atoms with E-state index in [0.29, 0.717) is 11.3 Å². The third kappa shape index (κ3) is 5.68. The highest BCUT2D eigenvalue weighted by atomic mass is 35.5. The van der Waals surface area contributed by atoms with Gasteiger partial charge in [0.1, 0.15) is 16.7 Å². The number of rotatable bonds is 7. The highest BCUT2D eigenvalue weighted by Crippen LogP contribution is 2.44. The maximum absolute atomic E-state index is 11.4. The van der Waals surface area contributed by atoms with Gasteiger partial charge in [-0.25, -0.2) is 4.79 Å². The van der Waals surface area contributed by atoms with Crippen LogP contribution in [0.4, 0.5) is 4.79 Å². The standard InChI is InChI=1S/C20H24ClN2O3PS2/c1-20(2)11-13-5-4-6-16(17(13)26-20)18(23-19(24)25)29-22-12-27(3,28)15-9-7-14(21)8-10-15/h4-10,18,22-23H,11-12H2,1-3H3,(H,24,25). The highest BCUT2D eigenvalue weighted by Gasteiger charge is 2.34. The van der Waals surface area contributed by atoms with Gasteiger partial charge < -0.3 is 15.2 Å². The van der Waals surface area contributed by atoms with Crippen LogP contribution in [-0.4, -0.2) is 29.8 Å². The Morgan fingerprint density at radius 2 is 2.03 bits per heavy atom. The van der Waals surface area contributed by atoms with Gasteiger partial charge in [0.05, 0.1) is 0 Å². The molecule has 156 valence electrons. The third-order valence-electron chi connectivity index (χ3n) is 4.60. The summed E-state index contributed by atoms with van der Waals surface area (Å²) < 4.78 is 9.42. The summed E-state index contributed by atoms with van der Waals surface area (Å²) in [6.45, 7) is 6.12. The zero-order valence-corrected chi connectivity index (χ0v) is 19.7. The van der Waals surface area contributed by atoms with Crippen molar-refractivity contribution in [3.63, 3.8) is 0 Å². The molecule has 9 heteroatoms. The molecule has 29 heavy (non-hydrogen) atoms. The molecule has 1 aliphatic rings. The second kappa shape index (κ2) is 8.86. The molecule has 1 aliphatic heterocycles. The zero-order valence-electron chi connectivity index (χ0n) is 16.4.